The summed E-state index contributed by atoms with van der Waals surface area (Å²) in [4.78, 5) is 12.1. The number of hydrogen-bond acceptors (Lipinski definition) is 3. The van der Waals surface area contributed by atoms with Gasteiger partial charge in [0.25, 0.3) is 0 Å². The van der Waals surface area contributed by atoms with Crippen molar-refractivity contribution in [3.63, 3.8) is 0 Å². The lowest BCUT2D eigenvalue weighted by Crippen LogP contribution is -2.15. The lowest BCUT2D eigenvalue weighted by atomic mass is 9.91. The normalized spacial score (nSPS) is 14.0. The zero-order valence-corrected chi connectivity index (χ0v) is 20.7. The number of hydrogen-bond donors (Lipinski definition) is 0. The first-order valence-corrected chi connectivity index (χ1v) is 12.6. The Balaban J connectivity index is 1.69. The van der Waals surface area contributed by atoms with Crippen LogP contribution in [0.15, 0.2) is 72.8 Å². The quantitative estimate of drug-likeness (QED) is 0.223. The molecule has 2 unspecified atom stereocenters. The smallest absolute Gasteiger partial charge is 0.298 e. The number of carbonyl (C=O) groups is 1. The minimum Gasteiger partial charge on any atom is -0.298 e. The van der Waals surface area contributed by atoms with E-state index in [1.807, 2.05) is 0 Å². The zero-order chi connectivity index (χ0) is 26.3. The number of Topliss-reactive ketones (excluding diaryl/α,β-unsaturated/α-hetero) is 1. The molecule has 9 heteroatoms. The van der Waals surface area contributed by atoms with Crippen LogP contribution in [0.5, 0.6) is 0 Å². The minimum absolute atomic E-state index is 0.0164. The third-order valence-corrected chi connectivity index (χ3v) is 8.62. The predicted octanol–water partition coefficient (Wildman–Crippen LogP) is 9.66. The fourth-order valence-corrected chi connectivity index (χ4v) is 6.20. The van der Waals surface area contributed by atoms with Crippen molar-refractivity contribution in [2.45, 2.75) is 38.0 Å². The fraction of sp³-hybridized carbons (Fsp3) is 0.222. The Bertz CT molecular complexity index is 1250. The number of halogens is 6. The largest absolute Gasteiger partial charge is 0.426 e. The maximum absolute atomic E-state index is 13.8. The molecule has 0 aliphatic carbocycles. The summed E-state index contributed by atoms with van der Waals surface area (Å²) >= 11 is 0.995. The predicted molar refractivity (Wildman–Crippen MR) is 131 cm³/mol. The van der Waals surface area contributed by atoms with Crippen LogP contribution in [0, 0.1) is 0 Å². The van der Waals surface area contributed by atoms with Crippen LogP contribution in [0.4, 0.5) is 26.3 Å². The number of benzene rings is 2. The molecule has 4 aromatic rings. The molecular formula is C27H20F6OS2. The molecule has 188 valence electrons. The molecule has 0 spiro atoms. The second-order valence-corrected chi connectivity index (χ2v) is 10.5. The Hall–Kier alpha value is -2.91. The van der Waals surface area contributed by atoms with Gasteiger partial charge in [-0.3, -0.25) is 4.79 Å². The minimum atomic E-state index is -4.61. The molecule has 0 amide bonds. The van der Waals surface area contributed by atoms with E-state index < -0.39 is 39.7 Å². The molecule has 0 bridgehead atoms. The van der Waals surface area contributed by atoms with Gasteiger partial charge in [-0.05, 0) is 23.3 Å². The van der Waals surface area contributed by atoms with Crippen molar-refractivity contribution < 1.29 is 31.1 Å². The second kappa shape index (κ2) is 9.86. The van der Waals surface area contributed by atoms with E-state index in [1.54, 1.807) is 60.7 Å². The molecule has 0 radical (unpaired) electrons. The molecule has 36 heavy (non-hydrogen) atoms. The average molecular weight is 539 g/mol. The van der Waals surface area contributed by atoms with Crippen LogP contribution >= 0.6 is 22.7 Å². The highest BCUT2D eigenvalue weighted by Crippen LogP contribution is 2.47. The second-order valence-electron chi connectivity index (χ2n) is 8.36. The highest BCUT2D eigenvalue weighted by atomic mass is 32.1. The fourth-order valence-electron chi connectivity index (χ4n) is 3.99. The van der Waals surface area contributed by atoms with Crippen LogP contribution in [0.2, 0.25) is 0 Å². The zero-order valence-electron chi connectivity index (χ0n) is 19.1. The molecule has 2 heterocycles. The Morgan fingerprint density at radius 2 is 0.972 bits per heavy atom. The van der Waals surface area contributed by atoms with E-state index >= 15 is 0 Å². The van der Waals surface area contributed by atoms with Gasteiger partial charge >= 0.3 is 12.4 Å². The molecule has 2 atom stereocenters. The van der Waals surface area contributed by atoms with Gasteiger partial charge in [0.05, 0.1) is 0 Å². The number of carbonyl (C=O) groups excluding carboxylic acids is 1. The van der Waals surface area contributed by atoms with Crippen LogP contribution in [0.25, 0.3) is 22.3 Å². The maximum atomic E-state index is 13.8. The summed E-state index contributed by atoms with van der Waals surface area (Å²) < 4.78 is 82.7. The summed E-state index contributed by atoms with van der Waals surface area (Å²) in [5.41, 5.74) is 0.718. The Morgan fingerprint density at radius 3 is 1.28 bits per heavy atom. The van der Waals surface area contributed by atoms with Gasteiger partial charge in [0, 0.05) is 32.7 Å². The highest BCUT2D eigenvalue weighted by Gasteiger charge is 2.39. The topological polar surface area (TPSA) is 17.1 Å². The van der Waals surface area contributed by atoms with Crippen molar-refractivity contribution in [2.24, 2.45) is 0 Å². The summed E-state index contributed by atoms with van der Waals surface area (Å²) in [6.07, 6.45) is -9.22. The molecule has 2 aromatic heterocycles. The van der Waals surface area contributed by atoms with E-state index in [9.17, 15) is 31.1 Å². The monoisotopic (exact) mass is 538 g/mol. The molecule has 4 rings (SSSR count). The Kier molecular flexibility index (Phi) is 7.16. The van der Waals surface area contributed by atoms with E-state index in [0.29, 0.717) is 33.8 Å². The molecule has 0 aliphatic heterocycles. The first-order chi connectivity index (χ1) is 16.9. The van der Waals surface area contributed by atoms with Crippen LogP contribution in [0.3, 0.4) is 0 Å². The van der Waals surface area contributed by atoms with E-state index in [0.717, 1.165) is 0 Å². The maximum Gasteiger partial charge on any atom is 0.426 e. The summed E-state index contributed by atoms with van der Waals surface area (Å²) in [6.45, 7) is 2.99. The molecule has 1 nitrogen and oxygen atoms in total. The Labute approximate surface area is 212 Å². The van der Waals surface area contributed by atoms with Crippen molar-refractivity contribution in [1.29, 1.82) is 0 Å². The Morgan fingerprint density at radius 1 is 0.639 bits per heavy atom. The SMILES string of the molecule is CC(C(=O)C(C)c1cc(-c2ccccc2)c(C(F)(F)F)s1)c1cc(-c2ccccc2)c(C(F)(F)F)s1. The van der Waals surface area contributed by atoms with Crippen molar-refractivity contribution in [2.75, 3.05) is 0 Å². The van der Waals surface area contributed by atoms with Crippen molar-refractivity contribution >= 4 is 28.5 Å². The molecule has 0 saturated carbocycles. The lowest BCUT2D eigenvalue weighted by Gasteiger charge is -2.14. The van der Waals surface area contributed by atoms with E-state index in [4.69, 9.17) is 0 Å². The molecule has 0 aliphatic rings. The highest BCUT2D eigenvalue weighted by molar-refractivity contribution is 7.13. The van der Waals surface area contributed by atoms with Gasteiger partial charge in [-0.25, -0.2) is 0 Å². The van der Waals surface area contributed by atoms with Gasteiger partial charge in [0.2, 0.25) is 0 Å². The summed E-state index contributed by atoms with van der Waals surface area (Å²) in [5, 5.41) is 0. The molecule has 0 saturated heterocycles. The van der Waals surface area contributed by atoms with Crippen molar-refractivity contribution in [3.8, 4) is 22.3 Å². The van der Waals surface area contributed by atoms with Crippen LogP contribution in [-0.2, 0) is 17.1 Å². The number of rotatable bonds is 6. The summed E-state index contributed by atoms with van der Waals surface area (Å²) in [7, 11) is 0. The van der Waals surface area contributed by atoms with Crippen LogP contribution in [-0.4, -0.2) is 5.78 Å². The first-order valence-electron chi connectivity index (χ1n) is 10.9. The molecular weight excluding hydrogens is 518 g/mol. The standard InChI is InChI=1S/C27H20F6OS2/c1-15(21-13-19(17-9-5-3-6-10-17)24(35-21)26(28,29)30)23(34)16(2)22-14-20(18-11-7-4-8-12-18)25(36-22)27(31,32)33/h3-16H,1-2H3. The van der Waals surface area contributed by atoms with Gasteiger partial charge in [-0.1, -0.05) is 74.5 Å². The number of thiophene rings is 2. The van der Waals surface area contributed by atoms with Crippen LogP contribution < -0.4 is 0 Å². The lowest BCUT2D eigenvalue weighted by molar-refractivity contribution is -0.134. The number of alkyl halides is 6. The number of ketones is 1. The summed E-state index contributed by atoms with van der Waals surface area (Å²) in [6, 6.07) is 18.9. The first kappa shape index (κ1) is 26.2. The summed E-state index contributed by atoms with van der Waals surface area (Å²) in [5.74, 6) is -2.31. The molecule has 2 aromatic carbocycles. The molecule has 0 fully saturated rings. The third kappa shape index (κ3) is 5.27. The molecule has 0 N–H and O–H groups in total. The van der Waals surface area contributed by atoms with Crippen molar-refractivity contribution in [1.82, 2.24) is 0 Å². The van der Waals surface area contributed by atoms with Crippen LogP contribution in [0.1, 0.15) is 45.2 Å². The average Bonchev–Trinajstić information content (AvgIpc) is 3.49. The van der Waals surface area contributed by atoms with Gasteiger partial charge in [-0.2, -0.15) is 26.3 Å². The van der Waals surface area contributed by atoms with Gasteiger partial charge < -0.3 is 0 Å². The van der Waals surface area contributed by atoms with E-state index in [2.05, 4.69) is 0 Å². The van der Waals surface area contributed by atoms with Gasteiger partial charge in [-0.15, -0.1) is 22.7 Å². The van der Waals surface area contributed by atoms with E-state index in [-0.39, 0.29) is 20.9 Å². The van der Waals surface area contributed by atoms with Gasteiger partial charge in [0.1, 0.15) is 15.5 Å². The third-order valence-electron chi connectivity index (χ3n) is 5.89. The van der Waals surface area contributed by atoms with Crippen molar-refractivity contribution in [3.05, 3.63) is 92.3 Å². The van der Waals surface area contributed by atoms with E-state index in [1.165, 1.54) is 26.0 Å². The van der Waals surface area contributed by atoms with Gasteiger partial charge in [0.15, 0.2) is 0 Å².